The number of allylic oxidation sites excluding steroid dienone is 2. The van der Waals surface area contributed by atoms with Gasteiger partial charge in [-0.05, 0) is 117 Å². The van der Waals surface area contributed by atoms with Crippen molar-refractivity contribution in [1.29, 1.82) is 0 Å². The summed E-state index contributed by atoms with van der Waals surface area (Å²) in [6.07, 6.45) is 19.9. The Morgan fingerprint density at radius 2 is 1.45 bits per heavy atom. The Hall–Kier alpha value is -4.64. The van der Waals surface area contributed by atoms with E-state index in [4.69, 9.17) is 14.8 Å². The lowest BCUT2D eigenvalue weighted by Crippen LogP contribution is -2.21. The van der Waals surface area contributed by atoms with Crippen LogP contribution in [0.15, 0.2) is 90.6 Å². The number of benzene rings is 3. The Kier molecular flexibility index (Phi) is 9.92. The first-order valence-corrected chi connectivity index (χ1v) is 21.7. The normalized spacial score (nSPS) is 20.1. The average Bonchev–Trinajstić information content (AvgIpc) is 3.74. The van der Waals surface area contributed by atoms with Crippen molar-refractivity contribution >= 4 is 21.8 Å². The molecule has 1 unspecified atom stereocenters. The third-order valence-corrected chi connectivity index (χ3v) is 13.4. The van der Waals surface area contributed by atoms with E-state index in [9.17, 15) is 0 Å². The molecule has 56 heavy (non-hydrogen) atoms. The summed E-state index contributed by atoms with van der Waals surface area (Å²) in [5, 5.41) is 8.18. The van der Waals surface area contributed by atoms with Crippen LogP contribution < -0.4 is 4.74 Å². The molecule has 3 aromatic heterocycles. The molecule has 9 rings (SSSR count). The lowest BCUT2D eigenvalue weighted by molar-refractivity contribution is 0.406. The van der Waals surface area contributed by atoms with Crippen LogP contribution in [0, 0.1) is 12.8 Å². The molecule has 5 heteroatoms. The zero-order valence-electron chi connectivity index (χ0n) is 34.6. The summed E-state index contributed by atoms with van der Waals surface area (Å²) < 4.78 is 11.6. The number of hydrogen-bond donors (Lipinski definition) is 0. The van der Waals surface area contributed by atoms with E-state index in [-0.39, 0.29) is 5.41 Å². The monoisotopic (exact) mass is 744 g/mol. The van der Waals surface area contributed by atoms with E-state index >= 15 is 0 Å². The molecule has 0 aliphatic heterocycles. The summed E-state index contributed by atoms with van der Waals surface area (Å²) in [4.78, 5) is 4.91. The fourth-order valence-corrected chi connectivity index (χ4v) is 10.6. The minimum Gasteiger partial charge on any atom is -0.457 e. The summed E-state index contributed by atoms with van der Waals surface area (Å²) >= 11 is 0. The summed E-state index contributed by atoms with van der Waals surface area (Å²) in [5.41, 5.74) is 11.9. The number of ether oxygens (including phenoxy) is 1. The van der Waals surface area contributed by atoms with Crippen LogP contribution in [-0.2, 0) is 5.41 Å². The molecule has 3 aliphatic carbocycles. The Morgan fingerprint density at radius 1 is 0.714 bits per heavy atom. The molecule has 0 bridgehead atoms. The molecule has 2 atom stereocenters. The predicted molar refractivity (Wildman–Crippen MR) is 232 cm³/mol. The standard InChI is InChI=1S/C51H60N4O/c1-33-28-39(55-50(37-20-11-8-12-21-37)48(47-34(2)16-15-17-35(47)3)49(53-55)36-18-9-7-10-19-36)31-41(29-33)56-40-24-25-43-42-22-13-14-23-44(42)54(45(43)32-40)46-30-38(26-27-52-46)51(4,5)6/h13-14,16,22-32,35-37,47H,7-12,15,17-21H2,1-6H3/t35-,47?/m0/s1. The Labute approximate surface area is 334 Å². The molecule has 3 aliphatic rings. The SMILES string of the molecule is CC1=CCC[C@H](C)C1c1c(C2CCCCC2)nn(-c2cc(C)cc(Oc3ccc4c5ccccc5n(-c5cc(C(C)(C)C)ccn5)c4c3)c2)c1C1CCCCC1. The maximum Gasteiger partial charge on any atom is 0.137 e. The van der Waals surface area contributed by atoms with Gasteiger partial charge in [-0.25, -0.2) is 9.67 Å². The van der Waals surface area contributed by atoms with Crippen LogP contribution in [-0.4, -0.2) is 19.3 Å². The molecule has 3 aromatic carbocycles. The third kappa shape index (κ3) is 6.90. The van der Waals surface area contributed by atoms with Gasteiger partial charge in [0, 0.05) is 52.4 Å². The lowest BCUT2D eigenvalue weighted by atomic mass is 9.71. The van der Waals surface area contributed by atoms with E-state index in [1.165, 1.54) is 110 Å². The van der Waals surface area contributed by atoms with E-state index in [1.54, 1.807) is 11.1 Å². The van der Waals surface area contributed by atoms with Crippen molar-refractivity contribution < 1.29 is 4.74 Å². The smallest absolute Gasteiger partial charge is 0.137 e. The molecule has 290 valence electrons. The van der Waals surface area contributed by atoms with Crippen molar-refractivity contribution in [2.24, 2.45) is 5.92 Å². The molecule has 0 spiro atoms. The summed E-state index contributed by atoms with van der Waals surface area (Å²) in [5.74, 6) is 4.74. The summed E-state index contributed by atoms with van der Waals surface area (Å²) in [7, 11) is 0. The van der Waals surface area contributed by atoms with Gasteiger partial charge < -0.3 is 4.74 Å². The molecule has 0 amide bonds. The second-order valence-corrected chi connectivity index (χ2v) is 18.5. The highest BCUT2D eigenvalue weighted by molar-refractivity contribution is 6.09. The van der Waals surface area contributed by atoms with Gasteiger partial charge in [-0.2, -0.15) is 5.10 Å². The van der Waals surface area contributed by atoms with Crippen LogP contribution in [0.1, 0.15) is 158 Å². The molecule has 0 saturated heterocycles. The second kappa shape index (κ2) is 15.0. The lowest BCUT2D eigenvalue weighted by Gasteiger charge is -2.33. The summed E-state index contributed by atoms with van der Waals surface area (Å²) in [6.45, 7) is 13.9. The van der Waals surface area contributed by atoms with E-state index in [0.717, 1.165) is 34.0 Å². The highest BCUT2D eigenvalue weighted by Gasteiger charge is 2.37. The maximum absolute atomic E-state index is 6.90. The minimum absolute atomic E-state index is 0.0150. The molecular formula is C51H60N4O. The fourth-order valence-electron chi connectivity index (χ4n) is 10.6. The van der Waals surface area contributed by atoms with Gasteiger partial charge in [-0.15, -0.1) is 0 Å². The van der Waals surface area contributed by atoms with Crippen LogP contribution >= 0.6 is 0 Å². The second-order valence-electron chi connectivity index (χ2n) is 18.5. The first-order valence-electron chi connectivity index (χ1n) is 21.7. The fraction of sp³-hybridized carbons (Fsp3) is 0.451. The minimum atomic E-state index is 0.0150. The Balaban J connectivity index is 1.17. The van der Waals surface area contributed by atoms with E-state index in [2.05, 4.69) is 130 Å². The van der Waals surface area contributed by atoms with Crippen LogP contribution in [0.5, 0.6) is 11.5 Å². The molecule has 2 fully saturated rings. The van der Waals surface area contributed by atoms with Gasteiger partial charge in [0.25, 0.3) is 0 Å². The largest absolute Gasteiger partial charge is 0.457 e. The predicted octanol–water partition coefficient (Wildman–Crippen LogP) is 14.3. The Morgan fingerprint density at radius 3 is 2.20 bits per heavy atom. The van der Waals surface area contributed by atoms with Crippen LogP contribution in [0.2, 0.25) is 0 Å². The quantitative estimate of drug-likeness (QED) is 0.153. The highest BCUT2D eigenvalue weighted by atomic mass is 16.5. The molecule has 3 heterocycles. The molecule has 0 N–H and O–H groups in total. The number of nitrogens with zero attached hydrogens (tertiary/aromatic N) is 4. The van der Waals surface area contributed by atoms with Crippen molar-refractivity contribution in [2.45, 2.75) is 142 Å². The number of aryl methyl sites for hydroxylation is 1. The maximum atomic E-state index is 6.90. The van der Waals surface area contributed by atoms with Crippen LogP contribution in [0.4, 0.5) is 0 Å². The molecule has 6 aromatic rings. The van der Waals surface area contributed by atoms with E-state index < -0.39 is 0 Å². The molecule has 5 nitrogen and oxygen atoms in total. The first-order chi connectivity index (χ1) is 27.1. The molecule has 2 saturated carbocycles. The van der Waals surface area contributed by atoms with Crippen molar-refractivity contribution in [3.63, 3.8) is 0 Å². The van der Waals surface area contributed by atoms with Gasteiger partial charge in [0.2, 0.25) is 0 Å². The first kappa shape index (κ1) is 37.0. The van der Waals surface area contributed by atoms with Gasteiger partial charge in [-0.1, -0.05) is 96.1 Å². The molecular weight excluding hydrogens is 685 g/mol. The van der Waals surface area contributed by atoms with Crippen molar-refractivity contribution in [3.05, 3.63) is 119 Å². The number of fused-ring (bicyclic) bond motifs is 3. The van der Waals surface area contributed by atoms with Gasteiger partial charge in [0.15, 0.2) is 0 Å². The topological polar surface area (TPSA) is 44.9 Å². The number of hydrogen-bond acceptors (Lipinski definition) is 3. The van der Waals surface area contributed by atoms with E-state index in [1.807, 2.05) is 6.20 Å². The van der Waals surface area contributed by atoms with E-state index in [0.29, 0.717) is 23.7 Å². The zero-order chi connectivity index (χ0) is 38.6. The average molecular weight is 745 g/mol. The highest BCUT2D eigenvalue weighted by Crippen LogP contribution is 2.49. The number of aromatic nitrogens is 4. The zero-order valence-corrected chi connectivity index (χ0v) is 34.6. The Bertz CT molecular complexity index is 2410. The molecule has 0 radical (unpaired) electrons. The summed E-state index contributed by atoms with van der Waals surface area (Å²) in [6, 6.07) is 26.3. The van der Waals surface area contributed by atoms with Crippen molar-refractivity contribution in [2.75, 3.05) is 0 Å². The van der Waals surface area contributed by atoms with Gasteiger partial charge in [0.1, 0.15) is 17.3 Å². The van der Waals surface area contributed by atoms with Crippen molar-refractivity contribution in [1.82, 2.24) is 19.3 Å². The number of rotatable bonds is 7. The van der Waals surface area contributed by atoms with Crippen LogP contribution in [0.25, 0.3) is 33.3 Å². The number of pyridine rings is 1. The van der Waals surface area contributed by atoms with Gasteiger partial charge in [-0.3, -0.25) is 4.57 Å². The van der Waals surface area contributed by atoms with Gasteiger partial charge in [0.05, 0.1) is 28.1 Å². The van der Waals surface area contributed by atoms with Gasteiger partial charge >= 0.3 is 0 Å². The third-order valence-electron chi connectivity index (χ3n) is 13.4. The van der Waals surface area contributed by atoms with Crippen molar-refractivity contribution in [3.8, 4) is 23.0 Å². The van der Waals surface area contributed by atoms with Crippen LogP contribution in [0.3, 0.4) is 0 Å². The number of para-hydroxylation sites is 1.